The number of carboxylic acids is 1. The number of benzene rings is 1. The molecule has 0 spiro atoms. The number of carbonyl (C=O) groups excluding carboxylic acids is 1. The summed E-state index contributed by atoms with van der Waals surface area (Å²) in [6, 6.07) is 7.68. The molecule has 2 N–H and O–H groups in total. The highest BCUT2D eigenvalue weighted by Crippen LogP contribution is 2.34. The van der Waals surface area contributed by atoms with Crippen LogP contribution in [0.2, 0.25) is 0 Å². The summed E-state index contributed by atoms with van der Waals surface area (Å²) in [5.74, 6) is -0.546. The molecule has 1 aromatic rings. The van der Waals surface area contributed by atoms with Crippen LogP contribution in [0.3, 0.4) is 0 Å². The van der Waals surface area contributed by atoms with Gasteiger partial charge in [-0.1, -0.05) is 18.2 Å². The molecule has 1 aromatic carbocycles. The Morgan fingerprint density at radius 3 is 2.67 bits per heavy atom. The van der Waals surface area contributed by atoms with Gasteiger partial charge in [0.05, 0.1) is 18.6 Å². The van der Waals surface area contributed by atoms with E-state index < -0.39 is 5.97 Å². The Morgan fingerprint density at radius 2 is 1.90 bits per heavy atom. The number of carboxylic acid groups (broad SMARTS) is 1. The summed E-state index contributed by atoms with van der Waals surface area (Å²) >= 11 is 0. The van der Waals surface area contributed by atoms with Gasteiger partial charge in [-0.3, -0.25) is 9.59 Å². The van der Waals surface area contributed by atoms with Gasteiger partial charge in [-0.05, 0) is 25.3 Å². The lowest BCUT2D eigenvalue weighted by Gasteiger charge is -2.27. The van der Waals surface area contributed by atoms with E-state index in [-0.39, 0.29) is 23.8 Å². The number of nitrogens with one attached hydrogen (secondary N) is 1. The first-order valence-electron chi connectivity index (χ1n) is 7.40. The summed E-state index contributed by atoms with van der Waals surface area (Å²) in [6.45, 7) is 0.588. The third kappa shape index (κ3) is 2.86. The van der Waals surface area contributed by atoms with Crippen molar-refractivity contribution < 1.29 is 19.4 Å². The molecule has 0 radical (unpaired) electrons. The predicted molar refractivity (Wildman–Crippen MR) is 75.9 cm³/mol. The van der Waals surface area contributed by atoms with Crippen LogP contribution in [-0.2, 0) is 9.59 Å². The zero-order valence-electron chi connectivity index (χ0n) is 11.7. The quantitative estimate of drug-likeness (QED) is 0.893. The normalized spacial score (nSPS) is 27.5. The van der Waals surface area contributed by atoms with Crippen molar-refractivity contribution >= 4 is 11.9 Å². The van der Waals surface area contributed by atoms with Gasteiger partial charge in [-0.25, -0.2) is 0 Å². The minimum absolute atomic E-state index is 0.0274. The Labute approximate surface area is 123 Å². The lowest BCUT2D eigenvalue weighted by molar-refractivity contribution is -0.141. The van der Waals surface area contributed by atoms with Gasteiger partial charge >= 0.3 is 5.97 Å². The molecule has 112 valence electrons. The second-order valence-electron chi connectivity index (χ2n) is 5.78. The van der Waals surface area contributed by atoms with Crippen LogP contribution >= 0.6 is 0 Å². The molecular formula is C16H19NO4. The SMILES string of the molecule is O=C(O)[C@@H]1CC[C@H](C(=O)NC2CCOc3ccccc32)C1. The van der Waals surface area contributed by atoms with Crippen molar-refractivity contribution in [2.45, 2.75) is 31.7 Å². The number of hydrogen-bond acceptors (Lipinski definition) is 3. The predicted octanol–water partition coefficient (Wildman–Crippen LogP) is 2.13. The molecule has 0 saturated heterocycles. The first kappa shape index (κ1) is 13.9. The summed E-state index contributed by atoms with van der Waals surface area (Å²) in [5, 5.41) is 12.1. The van der Waals surface area contributed by atoms with E-state index in [0.717, 1.165) is 17.7 Å². The number of rotatable bonds is 3. The van der Waals surface area contributed by atoms with Crippen LogP contribution in [0, 0.1) is 11.8 Å². The van der Waals surface area contributed by atoms with Gasteiger partial charge in [0.1, 0.15) is 5.75 Å². The third-order valence-corrected chi connectivity index (χ3v) is 4.43. The summed E-state index contributed by atoms with van der Waals surface area (Å²) in [7, 11) is 0. The molecule has 1 unspecified atom stereocenters. The Hall–Kier alpha value is -2.04. The number of aliphatic carboxylic acids is 1. The molecule has 5 heteroatoms. The van der Waals surface area contributed by atoms with Crippen LogP contribution < -0.4 is 10.1 Å². The first-order valence-corrected chi connectivity index (χ1v) is 7.40. The van der Waals surface area contributed by atoms with Crippen molar-refractivity contribution in [3.8, 4) is 5.75 Å². The molecule has 1 heterocycles. The molecule has 2 aliphatic rings. The minimum Gasteiger partial charge on any atom is -0.493 e. The average Bonchev–Trinajstić information content (AvgIpc) is 2.98. The van der Waals surface area contributed by atoms with Gasteiger partial charge in [0.15, 0.2) is 0 Å². The van der Waals surface area contributed by atoms with Gasteiger partial charge in [-0.15, -0.1) is 0 Å². The van der Waals surface area contributed by atoms with Crippen molar-refractivity contribution in [1.29, 1.82) is 0 Å². The molecule has 3 rings (SSSR count). The van der Waals surface area contributed by atoms with E-state index in [1.54, 1.807) is 0 Å². The minimum atomic E-state index is -0.790. The fourth-order valence-corrected chi connectivity index (χ4v) is 3.23. The van der Waals surface area contributed by atoms with E-state index in [0.29, 0.717) is 25.9 Å². The van der Waals surface area contributed by atoms with Gasteiger partial charge in [0.2, 0.25) is 5.91 Å². The van der Waals surface area contributed by atoms with E-state index in [9.17, 15) is 9.59 Å². The molecule has 5 nitrogen and oxygen atoms in total. The van der Waals surface area contributed by atoms with Crippen molar-refractivity contribution in [1.82, 2.24) is 5.32 Å². The third-order valence-electron chi connectivity index (χ3n) is 4.43. The standard InChI is InChI=1S/C16H19NO4/c18-15(10-5-6-11(9-10)16(19)20)17-13-7-8-21-14-4-2-1-3-12(13)14/h1-4,10-11,13H,5-9H2,(H,17,18)(H,19,20)/t10-,11+,13?/m0/s1. The monoisotopic (exact) mass is 289 g/mol. The van der Waals surface area contributed by atoms with Crippen molar-refractivity contribution in [2.75, 3.05) is 6.61 Å². The molecular weight excluding hydrogens is 270 g/mol. The van der Waals surface area contributed by atoms with Crippen LogP contribution in [0.25, 0.3) is 0 Å². The van der Waals surface area contributed by atoms with E-state index in [1.807, 2.05) is 24.3 Å². The molecule has 0 aromatic heterocycles. The largest absolute Gasteiger partial charge is 0.493 e. The highest BCUT2D eigenvalue weighted by molar-refractivity contribution is 5.81. The molecule has 1 saturated carbocycles. The molecule has 0 bridgehead atoms. The lowest BCUT2D eigenvalue weighted by Crippen LogP contribution is -2.35. The summed E-state index contributed by atoms with van der Waals surface area (Å²) in [4.78, 5) is 23.3. The van der Waals surface area contributed by atoms with Gasteiger partial charge in [0.25, 0.3) is 0 Å². The van der Waals surface area contributed by atoms with E-state index >= 15 is 0 Å². The summed E-state index contributed by atoms with van der Waals surface area (Å²) in [5.41, 5.74) is 1.00. The second-order valence-corrected chi connectivity index (χ2v) is 5.78. The topological polar surface area (TPSA) is 75.6 Å². The van der Waals surface area contributed by atoms with Crippen molar-refractivity contribution in [3.63, 3.8) is 0 Å². The van der Waals surface area contributed by atoms with Crippen LogP contribution in [0.4, 0.5) is 0 Å². The Kier molecular flexibility index (Phi) is 3.82. The maximum absolute atomic E-state index is 12.3. The average molecular weight is 289 g/mol. The second kappa shape index (κ2) is 5.76. The highest BCUT2D eigenvalue weighted by atomic mass is 16.5. The fourth-order valence-electron chi connectivity index (χ4n) is 3.23. The van der Waals surface area contributed by atoms with Crippen LogP contribution in [-0.4, -0.2) is 23.6 Å². The maximum Gasteiger partial charge on any atom is 0.306 e. The molecule has 1 aliphatic heterocycles. The smallest absolute Gasteiger partial charge is 0.306 e. The Morgan fingerprint density at radius 1 is 1.14 bits per heavy atom. The maximum atomic E-state index is 12.3. The first-order chi connectivity index (χ1) is 10.1. The van der Waals surface area contributed by atoms with Crippen LogP contribution in [0.5, 0.6) is 5.75 Å². The molecule has 1 fully saturated rings. The summed E-state index contributed by atoms with van der Waals surface area (Å²) in [6.07, 6.45) is 2.45. The number of ether oxygens (including phenoxy) is 1. The van der Waals surface area contributed by atoms with E-state index in [2.05, 4.69) is 5.32 Å². The van der Waals surface area contributed by atoms with Crippen molar-refractivity contribution in [2.24, 2.45) is 11.8 Å². The molecule has 3 atom stereocenters. The number of carbonyl (C=O) groups is 2. The zero-order chi connectivity index (χ0) is 14.8. The van der Waals surface area contributed by atoms with Crippen LogP contribution in [0.15, 0.2) is 24.3 Å². The fraction of sp³-hybridized carbons (Fsp3) is 0.500. The Bertz CT molecular complexity index is 557. The zero-order valence-corrected chi connectivity index (χ0v) is 11.7. The number of hydrogen-bond donors (Lipinski definition) is 2. The van der Waals surface area contributed by atoms with Gasteiger partial charge < -0.3 is 15.2 Å². The number of fused-ring (bicyclic) bond motifs is 1. The molecule has 1 amide bonds. The van der Waals surface area contributed by atoms with Gasteiger partial charge in [-0.2, -0.15) is 0 Å². The summed E-state index contributed by atoms with van der Waals surface area (Å²) < 4.78 is 5.58. The number of para-hydroxylation sites is 1. The Balaban J connectivity index is 1.65. The molecule has 21 heavy (non-hydrogen) atoms. The molecule has 1 aliphatic carbocycles. The number of amides is 1. The highest BCUT2D eigenvalue weighted by Gasteiger charge is 2.35. The van der Waals surface area contributed by atoms with Crippen LogP contribution in [0.1, 0.15) is 37.3 Å². The van der Waals surface area contributed by atoms with Crippen molar-refractivity contribution in [3.05, 3.63) is 29.8 Å². The van der Waals surface area contributed by atoms with Gasteiger partial charge in [0, 0.05) is 17.9 Å². The van der Waals surface area contributed by atoms with E-state index in [4.69, 9.17) is 9.84 Å². The van der Waals surface area contributed by atoms with E-state index in [1.165, 1.54) is 0 Å². The lowest BCUT2D eigenvalue weighted by atomic mass is 9.98.